The van der Waals surface area contributed by atoms with Gasteiger partial charge in [-0.2, -0.15) is 0 Å². The molecular formula is C19H18N4O5. The monoisotopic (exact) mass is 382 g/mol. The number of para-hydroxylation sites is 1. The summed E-state index contributed by atoms with van der Waals surface area (Å²) in [5.41, 5.74) is 6.59. The van der Waals surface area contributed by atoms with Crippen molar-refractivity contribution in [2.24, 2.45) is 0 Å². The van der Waals surface area contributed by atoms with E-state index in [1.165, 1.54) is 24.3 Å². The Morgan fingerprint density at radius 1 is 1.18 bits per heavy atom. The molecule has 1 aliphatic heterocycles. The Bertz CT molecular complexity index is 988. The summed E-state index contributed by atoms with van der Waals surface area (Å²) in [5, 5.41) is 11.0. The van der Waals surface area contributed by atoms with Gasteiger partial charge in [-0.1, -0.05) is 29.8 Å². The zero-order valence-corrected chi connectivity index (χ0v) is 15.3. The molecule has 0 radical (unpaired) electrons. The van der Waals surface area contributed by atoms with E-state index in [9.17, 15) is 24.5 Å². The van der Waals surface area contributed by atoms with E-state index in [-0.39, 0.29) is 17.7 Å². The number of carbonyl (C=O) groups excluding carboxylic acids is 3. The molecule has 1 atom stereocenters. The van der Waals surface area contributed by atoms with Crippen LogP contribution in [0.3, 0.4) is 0 Å². The number of benzene rings is 2. The zero-order chi connectivity index (χ0) is 20.4. The maximum Gasteiger partial charge on any atom is 0.282 e. The molecule has 9 nitrogen and oxygen atoms in total. The molecule has 2 N–H and O–H groups in total. The Labute approximate surface area is 160 Å². The molecule has 0 aromatic heterocycles. The van der Waals surface area contributed by atoms with Gasteiger partial charge >= 0.3 is 0 Å². The largest absolute Gasteiger partial charge is 0.286 e. The summed E-state index contributed by atoms with van der Waals surface area (Å²) in [5.74, 6) is -1.66. The number of rotatable bonds is 5. The number of amides is 3. The predicted molar refractivity (Wildman–Crippen MR) is 101 cm³/mol. The van der Waals surface area contributed by atoms with Crippen LogP contribution >= 0.6 is 0 Å². The van der Waals surface area contributed by atoms with Gasteiger partial charge in [0, 0.05) is 6.07 Å². The highest BCUT2D eigenvalue weighted by atomic mass is 16.6. The number of imide groups is 1. The van der Waals surface area contributed by atoms with Crippen LogP contribution in [0.2, 0.25) is 0 Å². The van der Waals surface area contributed by atoms with Gasteiger partial charge in [-0.3, -0.25) is 29.9 Å². The lowest BCUT2D eigenvalue weighted by Crippen LogP contribution is -2.48. The van der Waals surface area contributed by atoms with Gasteiger partial charge in [-0.15, -0.1) is 0 Å². The van der Waals surface area contributed by atoms with E-state index < -0.39 is 28.7 Å². The van der Waals surface area contributed by atoms with E-state index in [0.29, 0.717) is 5.69 Å². The summed E-state index contributed by atoms with van der Waals surface area (Å²) in [6.07, 6.45) is -0.136. The summed E-state index contributed by atoms with van der Waals surface area (Å²) in [6.45, 7) is 3.72. The smallest absolute Gasteiger partial charge is 0.282 e. The molecule has 2 aromatic carbocycles. The van der Waals surface area contributed by atoms with Crippen molar-refractivity contribution in [3.8, 4) is 0 Å². The van der Waals surface area contributed by atoms with E-state index in [1.807, 2.05) is 13.0 Å². The third-order valence-corrected chi connectivity index (χ3v) is 4.45. The van der Waals surface area contributed by atoms with E-state index in [0.717, 1.165) is 16.0 Å². The summed E-state index contributed by atoms with van der Waals surface area (Å²) in [7, 11) is 0. The highest BCUT2D eigenvalue weighted by Crippen LogP contribution is 2.27. The van der Waals surface area contributed by atoms with Crippen LogP contribution < -0.4 is 15.8 Å². The van der Waals surface area contributed by atoms with Crippen molar-refractivity contribution < 1.29 is 19.3 Å². The average molecular weight is 382 g/mol. The second-order valence-corrected chi connectivity index (χ2v) is 6.49. The SMILES string of the molecule is Cc1ccc(N2C(=O)C[C@H](NNC(=O)c3ccccc3[N+](=O)[O-])C2=O)c(C)c1. The lowest BCUT2D eigenvalue weighted by Gasteiger charge is -2.18. The van der Waals surface area contributed by atoms with E-state index in [4.69, 9.17) is 0 Å². The molecule has 0 spiro atoms. The molecule has 0 bridgehead atoms. The topological polar surface area (TPSA) is 122 Å². The maximum absolute atomic E-state index is 12.7. The third kappa shape index (κ3) is 3.60. The number of anilines is 1. The first-order valence-corrected chi connectivity index (χ1v) is 8.53. The molecule has 2 aromatic rings. The van der Waals surface area contributed by atoms with Gasteiger partial charge in [0.1, 0.15) is 11.6 Å². The minimum atomic E-state index is -0.958. The molecule has 9 heteroatoms. The van der Waals surface area contributed by atoms with Gasteiger partial charge in [0.05, 0.1) is 17.0 Å². The molecule has 28 heavy (non-hydrogen) atoms. The summed E-state index contributed by atoms with van der Waals surface area (Å²) < 4.78 is 0. The Hall–Kier alpha value is -3.59. The van der Waals surface area contributed by atoms with Crippen LogP contribution in [0.4, 0.5) is 11.4 Å². The van der Waals surface area contributed by atoms with E-state index >= 15 is 0 Å². The van der Waals surface area contributed by atoms with Crippen molar-refractivity contribution in [1.82, 2.24) is 10.9 Å². The molecule has 1 saturated heterocycles. The van der Waals surface area contributed by atoms with Crippen molar-refractivity contribution in [3.63, 3.8) is 0 Å². The number of hydrogen-bond donors (Lipinski definition) is 2. The molecule has 1 fully saturated rings. The number of hydrazine groups is 1. The maximum atomic E-state index is 12.7. The molecule has 3 rings (SSSR count). The highest BCUT2D eigenvalue weighted by Gasteiger charge is 2.40. The predicted octanol–water partition coefficient (Wildman–Crippen LogP) is 1.78. The quantitative estimate of drug-likeness (QED) is 0.462. The lowest BCUT2D eigenvalue weighted by molar-refractivity contribution is -0.385. The molecule has 1 aliphatic rings. The zero-order valence-electron chi connectivity index (χ0n) is 15.3. The van der Waals surface area contributed by atoms with Crippen molar-refractivity contribution in [3.05, 3.63) is 69.3 Å². The Morgan fingerprint density at radius 3 is 2.57 bits per heavy atom. The molecule has 144 valence electrons. The second-order valence-electron chi connectivity index (χ2n) is 6.49. The van der Waals surface area contributed by atoms with Gasteiger partial charge in [0.2, 0.25) is 5.91 Å². The molecule has 0 aliphatic carbocycles. The normalized spacial score (nSPS) is 16.4. The van der Waals surface area contributed by atoms with Gasteiger partial charge < -0.3 is 0 Å². The van der Waals surface area contributed by atoms with Gasteiger partial charge in [0.15, 0.2) is 0 Å². The van der Waals surface area contributed by atoms with Crippen LogP contribution in [0.5, 0.6) is 0 Å². The fourth-order valence-electron chi connectivity index (χ4n) is 3.10. The second kappa shape index (κ2) is 7.57. The Morgan fingerprint density at radius 2 is 1.89 bits per heavy atom. The number of aryl methyl sites for hydroxylation is 2. The van der Waals surface area contributed by atoms with Crippen LogP contribution in [0.15, 0.2) is 42.5 Å². The minimum Gasteiger partial charge on any atom is -0.286 e. The molecule has 0 unspecified atom stereocenters. The lowest BCUT2D eigenvalue weighted by atomic mass is 10.1. The van der Waals surface area contributed by atoms with Crippen LogP contribution in [-0.2, 0) is 9.59 Å². The Kier molecular flexibility index (Phi) is 5.18. The van der Waals surface area contributed by atoms with E-state index in [2.05, 4.69) is 10.9 Å². The number of nitrogens with zero attached hydrogens (tertiary/aromatic N) is 2. The molecule has 1 heterocycles. The molecule has 0 saturated carbocycles. The Balaban J connectivity index is 1.73. The van der Waals surface area contributed by atoms with Crippen molar-refractivity contribution in [2.45, 2.75) is 26.3 Å². The van der Waals surface area contributed by atoms with Gasteiger partial charge in [-0.05, 0) is 31.5 Å². The average Bonchev–Trinajstić information content (AvgIpc) is 2.93. The fraction of sp³-hybridized carbons (Fsp3) is 0.211. The van der Waals surface area contributed by atoms with Crippen molar-refractivity contribution in [2.75, 3.05) is 4.90 Å². The standard InChI is InChI=1S/C19H18N4O5/c1-11-7-8-15(12(2)9-11)22-17(24)10-14(19(22)26)20-21-18(25)13-5-3-4-6-16(13)23(27)28/h3-9,14,20H,10H2,1-2H3,(H,21,25)/t14-/m0/s1. The summed E-state index contributed by atoms with van der Waals surface area (Å²) >= 11 is 0. The first-order chi connectivity index (χ1) is 13.3. The molecule has 3 amide bonds. The van der Waals surface area contributed by atoms with Crippen LogP contribution in [-0.4, -0.2) is 28.7 Å². The first-order valence-electron chi connectivity index (χ1n) is 8.53. The van der Waals surface area contributed by atoms with Gasteiger partial charge in [-0.25, -0.2) is 10.3 Å². The number of carbonyl (C=O) groups is 3. The van der Waals surface area contributed by atoms with Crippen LogP contribution in [0.25, 0.3) is 0 Å². The van der Waals surface area contributed by atoms with E-state index in [1.54, 1.807) is 19.1 Å². The molecular weight excluding hydrogens is 364 g/mol. The van der Waals surface area contributed by atoms with Crippen LogP contribution in [0.1, 0.15) is 27.9 Å². The third-order valence-electron chi connectivity index (χ3n) is 4.45. The number of nitro groups is 1. The van der Waals surface area contributed by atoms with Gasteiger partial charge in [0.25, 0.3) is 17.5 Å². The number of nitro benzene ring substituents is 1. The first kappa shape index (κ1) is 19.2. The number of nitrogens with one attached hydrogen (secondary N) is 2. The number of hydrogen-bond acceptors (Lipinski definition) is 6. The van der Waals surface area contributed by atoms with Crippen LogP contribution in [0, 0.1) is 24.0 Å². The minimum absolute atomic E-state index is 0.136. The van der Waals surface area contributed by atoms with Crippen molar-refractivity contribution in [1.29, 1.82) is 0 Å². The fourth-order valence-corrected chi connectivity index (χ4v) is 3.10. The highest BCUT2D eigenvalue weighted by molar-refractivity contribution is 6.22. The summed E-state index contributed by atoms with van der Waals surface area (Å²) in [6, 6.07) is 9.87. The van der Waals surface area contributed by atoms with Crippen molar-refractivity contribution >= 4 is 29.1 Å². The summed E-state index contributed by atoms with van der Waals surface area (Å²) in [4.78, 5) is 48.7.